The molecule has 1 aromatic carbocycles. The van der Waals surface area contributed by atoms with Gasteiger partial charge in [-0.3, -0.25) is 14.3 Å². The van der Waals surface area contributed by atoms with Crippen LogP contribution in [0.2, 0.25) is 0 Å². The molecule has 0 fully saturated rings. The monoisotopic (exact) mass is 326 g/mol. The summed E-state index contributed by atoms with van der Waals surface area (Å²) in [5.74, 6) is 0. The van der Waals surface area contributed by atoms with Crippen molar-refractivity contribution in [1.29, 1.82) is 0 Å². The maximum absolute atomic E-state index is 12.0. The Balaban J connectivity index is 1.64. The minimum atomic E-state index is -0.366. The number of nitrogens with one attached hydrogen (secondary N) is 1. The summed E-state index contributed by atoms with van der Waals surface area (Å²) in [6.07, 6.45) is 6.53. The SMILES string of the molecule is Cc1cn([C@H]2C=C[C@@](C)(COCc3ccccc3)C2)c(=O)[nH]c1=O. The molecule has 1 aromatic heterocycles. The normalized spacial score (nSPS) is 22.8. The number of hydrogen-bond acceptors (Lipinski definition) is 3. The molecule has 126 valence electrons. The van der Waals surface area contributed by atoms with Crippen molar-refractivity contribution in [2.45, 2.75) is 32.9 Å². The van der Waals surface area contributed by atoms with Crippen molar-refractivity contribution >= 4 is 0 Å². The van der Waals surface area contributed by atoms with Gasteiger partial charge in [-0.05, 0) is 18.9 Å². The van der Waals surface area contributed by atoms with E-state index in [1.54, 1.807) is 17.7 Å². The van der Waals surface area contributed by atoms with Gasteiger partial charge in [-0.15, -0.1) is 0 Å². The Morgan fingerprint density at radius 2 is 2.04 bits per heavy atom. The lowest BCUT2D eigenvalue weighted by molar-refractivity contribution is 0.0608. The number of allylic oxidation sites excluding steroid dienone is 1. The summed E-state index contributed by atoms with van der Waals surface area (Å²) in [7, 11) is 0. The summed E-state index contributed by atoms with van der Waals surface area (Å²) >= 11 is 0. The summed E-state index contributed by atoms with van der Waals surface area (Å²) in [5.41, 5.74) is 0.869. The Morgan fingerprint density at radius 3 is 2.79 bits per heavy atom. The summed E-state index contributed by atoms with van der Waals surface area (Å²) in [5, 5.41) is 0. The topological polar surface area (TPSA) is 64.1 Å². The number of aromatic nitrogens is 2. The van der Waals surface area contributed by atoms with Crippen LogP contribution in [0.4, 0.5) is 0 Å². The number of H-pyrrole nitrogens is 1. The second-order valence-electron chi connectivity index (χ2n) is 6.74. The van der Waals surface area contributed by atoms with Gasteiger partial charge in [-0.25, -0.2) is 4.79 Å². The summed E-state index contributed by atoms with van der Waals surface area (Å²) < 4.78 is 7.46. The zero-order valence-electron chi connectivity index (χ0n) is 14.0. The third kappa shape index (κ3) is 3.57. The van der Waals surface area contributed by atoms with Crippen LogP contribution in [0.15, 0.2) is 58.3 Å². The molecule has 1 N–H and O–H groups in total. The highest BCUT2D eigenvalue weighted by Gasteiger charge is 2.31. The van der Waals surface area contributed by atoms with Crippen LogP contribution in [-0.4, -0.2) is 16.2 Å². The molecular weight excluding hydrogens is 304 g/mol. The average Bonchev–Trinajstić information content (AvgIpc) is 2.94. The van der Waals surface area contributed by atoms with Crippen molar-refractivity contribution in [1.82, 2.24) is 9.55 Å². The quantitative estimate of drug-likeness (QED) is 0.859. The maximum Gasteiger partial charge on any atom is 0.328 e. The van der Waals surface area contributed by atoms with Crippen molar-refractivity contribution in [3.63, 3.8) is 0 Å². The first-order valence-corrected chi connectivity index (χ1v) is 8.10. The van der Waals surface area contributed by atoms with E-state index >= 15 is 0 Å². The van der Waals surface area contributed by atoms with Crippen LogP contribution >= 0.6 is 0 Å². The van der Waals surface area contributed by atoms with Gasteiger partial charge in [0.15, 0.2) is 0 Å². The lowest BCUT2D eigenvalue weighted by Crippen LogP contribution is -2.33. The van der Waals surface area contributed by atoms with Gasteiger partial charge in [0.1, 0.15) is 0 Å². The fourth-order valence-corrected chi connectivity index (χ4v) is 3.06. The molecule has 0 amide bonds. The molecule has 2 atom stereocenters. The van der Waals surface area contributed by atoms with Crippen LogP contribution in [0, 0.1) is 12.3 Å². The van der Waals surface area contributed by atoms with E-state index in [4.69, 9.17) is 4.74 Å². The van der Waals surface area contributed by atoms with Crippen molar-refractivity contribution in [2.75, 3.05) is 6.61 Å². The number of nitrogens with zero attached hydrogens (tertiary/aromatic N) is 1. The highest BCUT2D eigenvalue weighted by Crippen LogP contribution is 2.37. The van der Waals surface area contributed by atoms with Crippen LogP contribution < -0.4 is 11.2 Å². The molecular formula is C19H22N2O3. The Kier molecular flexibility index (Phi) is 4.53. The number of rotatable bonds is 5. The molecule has 5 heteroatoms. The van der Waals surface area contributed by atoms with Gasteiger partial charge < -0.3 is 4.74 Å². The van der Waals surface area contributed by atoms with E-state index in [2.05, 4.69) is 18.0 Å². The summed E-state index contributed by atoms with van der Waals surface area (Å²) in [6, 6.07) is 10.0. The van der Waals surface area contributed by atoms with Gasteiger partial charge in [-0.1, -0.05) is 49.4 Å². The van der Waals surface area contributed by atoms with Gasteiger partial charge >= 0.3 is 5.69 Å². The second kappa shape index (κ2) is 6.61. The molecule has 0 aliphatic heterocycles. The first kappa shape index (κ1) is 16.5. The highest BCUT2D eigenvalue weighted by molar-refractivity contribution is 5.15. The number of benzene rings is 1. The lowest BCUT2D eigenvalue weighted by atomic mass is 9.90. The van der Waals surface area contributed by atoms with Crippen LogP contribution in [0.1, 0.15) is 30.5 Å². The molecule has 1 aliphatic carbocycles. The fourth-order valence-electron chi connectivity index (χ4n) is 3.06. The summed E-state index contributed by atoms with van der Waals surface area (Å²) in [6.45, 7) is 4.99. The van der Waals surface area contributed by atoms with Gasteiger partial charge in [0, 0.05) is 17.2 Å². The summed E-state index contributed by atoms with van der Waals surface area (Å²) in [4.78, 5) is 25.9. The first-order valence-electron chi connectivity index (χ1n) is 8.10. The standard InChI is InChI=1S/C19H22N2O3/c1-14-11-21(18(23)20-17(14)22)16-8-9-19(2,10-16)13-24-12-15-6-4-3-5-7-15/h3-9,11,16H,10,12-13H2,1-2H3,(H,20,22,23)/t16-,19+/m0/s1. The van der Waals surface area contributed by atoms with E-state index in [0.717, 1.165) is 12.0 Å². The molecule has 1 aliphatic rings. The van der Waals surface area contributed by atoms with Crippen molar-refractivity contribution in [3.05, 3.63) is 80.6 Å². The lowest BCUT2D eigenvalue weighted by Gasteiger charge is -2.24. The zero-order valence-corrected chi connectivity index (χ0v) is 14.0. The van der Waals surface area contributed by atoms with Gasteiger partial charge in [-0.2, -0.15) is 0 Å². The molecule has 0 saturated carbocycles. The van der Waals surface area contributed by atoms with E-state index in [1.165, 1.54) is 0 Å². The molecule has 0 bridgehead atoms. The zero-order chi connectivity index (χ0) is 17.2. The second-order valence-corrected chi connectivity index (χ2v) is 6.74. The largest absolute Gasteiger partial charge is 0.376 e. The van der Waals surface area contributed by atoms with Crippen LogP contribution in [0.5, 0.6) is 0 Å². The molecule has 1 heterocycles. The number of hydrogen-bond donors (Lipinski definition) is 1. The van der Waals surface area contributed by atoms with Crippen molar-refractivity contribution in [2.24, 2.45) is 5.41 Å². The predicted octanol–water partition coefficient (Wildman–Crippen LogP) is 2.57. The molecule has 2 aromatic rings. The number of aromatic amines is 1. The Morgan fingerprint density at radius 1 is 1.29 bits per heavy atom. The molecule has 0 unspecified atom stereocenters. The predicted molar refractivity (Wildman–Crippen MR) is 93.1 cm³/mol. The number of ether oxygens (including phenoxy) is 1. The van der Waals surface area contributed by atoms with E-state index < -0.39 is 0 Å². The van der Waals surface area contributed by atoms with Crippen LogP contribution in [0.25, 0.3) is 0 Å². The molecule has 0 saturated heterocycles. The van der Waals surface area contributed by atoms with E-state index in [-0.39, 0.29) is 22.7 Å². The first-order chi connectivity index (χ1) is 11.5. The molecule has 0 spiro atoms. The molecule has 5 nitrogen and oxygen atoms in total. The smallest absolute Gasteiger partial charge is 0.328 e. The van der Waals surface area contributed by atoms with Crippen molar-refractivity contribution < 1.29 is 4.74 Å². The Hall–Kier alpha value is -2.40. The highest BCUT2D eigenvalue weighted by atomic mass is 16.5. The third-order valence-electron chi connectivity index (χ3n) is 4.44. The van der Waals surface area contributed by atoms with Crippen molar-refractivity contribution in [3.8, 4) is 0 Å². The van der Waals surface area contributed by atoms with Crippen LogP contribution in [-0.2, 0) is 11.3 Å². The van der Waals surface area contributed by atoms with Gasteiger partial charge in [0.2, 0.25) is 0 Å². The molecule has 24 heavy (non-hydrogen) atoms. The average molecular weight is 326 g/mol. The Labute approximate surface area is 140 Å². The van der Waals surface area contributed by atoms with E-state index in [0.29, 0.717) is 18.8 Å². The van der Waals surface area contributed by atoms with Gasteiger partial charge in [0.25, 0.3) is 5.56 Å². The molecule has 0 radical (unpaired) electrons. The fraction of sp³-hybridized carbons (Fsp3) is 0.368. The maximum atomic E-state index is 12.0. The van der Waals surface area contributed by atoms with Crippen LogP contribution in [0.3, 0.4) is 0 Å². The van der Waals surface area contributed by atoms with E-state index in [1.807, 2.05) is 36.4 Å². The third-order valence-corrected chi connectivity index (χ3v) is 4.44. The van der Waals surface area contributed by atoms with Gasteiger partial charge in [0.05, 0.1) is 19.3 Å². The van der Waals surface area contributed by atoms with E-state index in [9.17, 15) is 9.59 Å². The minimum Gasteiger partial charge on any atom is -0.376 e. The minimum absolute atomic E-state index is 0.0571. The molecule has 3 rings (SSSR count). The number of aryl methyl sites for hydroxylation is 1. The Bertz CT molecular complexity index is 851.